The second kappa shape index (κ2) is 4.30. The lowest BCUT2D eigenvalue weighted by Crippen LogP contribution is -2.11. The Bertz CT molecular complexity index is 585. The Balaban J connectivity index is 2.12. The van der Waals surface area contributed by atoms with Crippen molar-refractivity contribution < 1.29 is 4.79 Å². The van der Waals surface area contributed by atoms with E-state index in [1.54, 1.807) is 0 Å². The van der Waals surface area contributed by atoms with Gasteiger partial charge in [0, 0.05) is 5.56 Å². The van der Waals surface area contributed by atoms with E-state index in [0.717, 1.165) is 0 Å². The normalized spacial score (nSPS) is 14.4. The van der Waals surface area contributed by atoms with Gasteiger partial charge >= 0.3 is 0 Å². The summed E-state index contributed by atoms with van der Waals surface area (Å²) in [4.78, 5) is 11.3. The summed E-state index contributed by atoms with van der Waals surface area (Å²) in [7, 11) is 0. The van der Waals surface area contributed by atoms with Crippen molar-refractivity contribution in [2.75, 3.05) is 0 Å². The molecular weight excluding hydrogens is 222 g/mol. The van der Waals surface area contributed by atoms with Crippen LogP contribution in [0.2, 0.25) is 0 Å². The molecule has 1 aliphatic carbocycles. The highest BCUT2D eigenvalue weighted by molar-refractivity contribution is 5.94. The standard InChI is InChI=1S/C16H15NO/c17-16(18)13-8-9-14(11-4-2-1-3-5-11)15(10-13)12-6-7-12/h1-5,8-10,12H,6-7H2,(H2,17,18). The van der Waals surface area contributed by atoms with E-state index in [2.05, 4.69) is 12.1 Å². The average molecular weight is 237 g/mol. The molecule has 90 valence electrons. The van der Waals surface area contributed by atoms with Gasteiger partial charge in [-0.1, -0.05) is 36.4 Å². The molecule has 2 N–H and O–H groups in total. The number of hydrogen-bond donors (Lipinski definition) is 1. The summed E-state index contributed by atoms with van der Waals surface area (Å²) in [6.45, 7) is 0. The largest absolute Gasteiger partial charge is 0.366 e. The molecule has 3 rings (SSSR count). The zero-order chi connectivity index (χ0) is 12.5. The van der Waals surface area contributed by atoms with E-state index >= 15 is 0 Å². The van der Waals surface area contributed by atoms with Crippen molar-refractivity contribution in [3.8, 4) is 11.1 Å². The molecule has 2 nitrogen and oxygen atoms in total. The molecule has 2 aromatic carbocycles. The Kier molecular flexibility index (Phi) is 2.63. The lowest BCUT2D eigenvalue weighted by Gasteiger charge is -2.10. The molecule has 1 saturated carbocycles. The van der Waals surface area contributed by atoms with E-state index in [-0.39, 0.29) is 5.91 Å². The van der Waals surface area contributed by atoms with Crippen LogP contribution in [0.25, 0.3) is 11.1 Å². The lowest BCUT2D eigenvalue weighted by atomic mass is 9.94. The van der Waals surface area contributed by atoms with Crippen molar-refractivity contribution in [2.45, 2.75) is 18.8 Å². The number of carbonyl (C=O) groups excluding carboxylic acids is 1. The Morgan fingerprint density at radius 1 is 1.06 bits per heavy atom. The molecule has 0 bridgehead atoms. The first-order chi connectivity index (χ1) is 8.75. The second-order valence-electron chi connectivity index (χ2n) is 4.81. The van der Waals surface area contributed by atoms with Crippen LogP contribution >= 0.6 is 0 Å². The molecule has 0 aliphatic heterocycles. The Hall–Kier alpha value is -2.09. The second-order valence-corrected chi connectivity index (χ2v) is 4.81. The minimum Gasteiger partial charge on any atom is -0.366 e. The molecule has 1 aliphatic rings. The topological polar surface area (TPSA) is 43.1 Å². The van der Waals surface area contributed by atoms with E-state index in [1.165, 1.54) is 29.5 Å². The van der Waals surface area contributed by atoms with Gasteiger partial charge in [-0.3, -0.25) is 4.79 Å². The van der Waals surface area contributed by atoms with Gasteiger partial charge in [0.1, 0.15) is 0 Å². The van der Waals surface area contributed by atoms with Crippen LogP contribution < -0.4 is 5.73 Å². The number of benzene rings is 2. The predicted octanol–water partition coefficient (Wildman–Crippen LogP) is 3.33. The third-order valence-corrected chi connectivity index (χ3v) is 3.44. The van der Waals surface area contributed by atoms with Crippen LogP contribution in [0.15, 0.2) is 48.5 Å². The highest BCUT2D eigenvalue weighted by Crippen LogP contribution is 2.44. The zero-order valence-corrected chi connectivity index (χ0v) is 10.1. The number of primary amides is 1. The average Bonchev–Trinajstić information content (AvgIpc) is 3.23. The summed E-state index contributed by atoms with van der Waals surface area (Å²) in [5.74, 6) is 0.246. The zero-order valence-electron chi connectivity index (χ0n) is 10.1. The fraction of sp³-hybridized carbons (Fsp3) is 0.188. The maximum absolute atomic E-state index is 11.3. The first-order valence-corrected chi connectivity index (χ1v) is 6.25. The summed E-state index contributed by atoms with van der Waals surface area (Å²) in [6, 6.07) is 16.1. The van der Waals surface area contributed by atoms with E-state index in [9.17, 15) is 4.79 Å². The third-order valence-electron chi connectivity index (χ3n) is 3.44. The maximum atomic E-state index is 11.3. The van der Waals surface area contributed by atoms with Crippen LogP contribution in [0.4, 0.5) is 0 Å². The van der Waals surface area contributed by atoms with E-state index in [1.807, 2.05) is 36.4 Å². The van der Waals surface area contributed by atoms with Crippen molar-refractivity contribution in [3.63, 3.8) is 0 Å². The van der Waals surface area contributed by atoms with Crippen LogP contribution in [-0.2, 0) is 0 Å². The molecule has 1 amide bonds. The van der Waals surface area contributed by atoms with Gasteiger partial charge < -0.3 is 5.73 Å². The Morgan fingerprint density at radius 3 is 2.39 bits per heavy atom. The Labute approximate surface area is 106 Å². The van der Waals surface area contributed by atoms with E-state index in [0.29, 0.717) is 11.5 Å². The lowest BCUT2D eigenvalue weighted by molar-refractivity contribution is 0.1000. The van der Waals surface area contributed by atoms with Gasteiger partial charge in [0.15, 0.2) is 0 Å². The van der Waals surface area contributed by atoms with E-state index in [4.69, 9.17) is 5.73 Å². The molecule has 2 heteroatoms. The van der Waals surface area contributed by atoms with Crippen LogP contribution in [-0.4, -0.2) is 5.91 Å². The fourth-order valence-electron chi connectivity index (χ4n) is 2.33. The Morgan fingerprint density at radius 2 is 1.78 bits per heavy atom. The van der Waals surface area contributed by atoms with Gasteiger partial charge in [-0.15, -0.1) is 0 Å². The molecular formula is C16H15NO. The molecule has 2 aromatic rings. The van der Waals surface area contributed by atoms with Crippen LogP contribution in [0.3, 0.4) is 0 Å². The molecule has 0 aromatic heterocycles. The molecule has 0 saturated heterocycles. The minimum absolute atomic E-state index is 0.350. The van der Waals surface area contributed by atoms with Crippen molar-refractivity contribution in [1.29, 1.82) is 0 Å². The van der Waals surface area contributed by atoms with Crippen molar-refractivity contribution in [2.24, 2.45) is 5.73 Å². The molecule has 0 radical (unpaired) electrons. The van der Waals surface area contributed by atoms with Gasteiger partial charge in [0.25, 0.3) is 0 Å². The third kappa shape index (κ3) is 2.02. The molecule has 0 atom stereocenters. The van der Waals surface area contributed by atoms with Crippen molar-refractivity contribution >= 4 is 5.91 Å². The predicted molar refractivity (Wildman–Crippen MR) is 72.4 cm³/mol. The minimum atomic E-state index is -0.350. The number of hydrogen-bond acceptors (Lipinski definition) is 1. The van der Waals surface area contributed by atoms with Gasteiger partial charge in [0.05, 0.1) is 0 Å². The highest BCUT2D eigenvalue weighted by Gasteiger charge is 2.27. The highest BCUT2D eigenvalue weighted by atomic mass is 16.1. The SMILES string of the molecule is NC(=O)c1ccc(-c2ccccc2)c(C2CC2)c1. The van der Waals surface area contributed by atoms with Gasteiger partial charge in [-0.2, -0.15) is 0 Å². The summed E-state index contributed by atoms with van der Waals surface area (Å²) < 4.78 is 0. The maximum Gasteiger partial charge on any atom is 0.248 e. The van der Waals surface area contributed by atoms with Gasteiger partial charge in [-0.25, -0.2) is 0 Å². The van der Waals surface area contributed by atoms with Crippen molar-refractivity contribution in [3.05, 3.63) is 59.7 Å². The molecule has 0 unspecified atom stereocenters. The first-order valence-electron chi connectivity index (χ1n) is 6.25. The number of rotatable bonds is 3. The molecule has 1 fully saturated rings. The smallest absolute Gasteiger partial charge is 0.248 e. The quantitative estimate of drug-likeness (QED) is 0.874. The number of nitrogens with two attached hydrogens (primary N) is 1. The number of carbonyl (C=O) groups is 1. The van der Waals surface area contributed by atoms with Crippen LogP contribution in [0.1, 0.15) is 34.7 Å². The van der Waals surface area contributed by atoms with Crippen molar-refractivity contribution in [1.82, 2.24) is 0 Å². The van der Waals surface area contributed by atoms with Gasteiger partial charge in [-0.05, 0) is 47.6 Å². The first kappa shape index (κ1) is 11.0. The van der Waals surface area contributed by atoms with Gasteiger partial charge in [0.2, 0.25) is 5.91 Å². The van der Waals surface area contributed by atoms with Crippen LogP contribution in [0, 0.1) is 0 Å². The number of amides is 1. The van der Waals surface area contributed by atoms with Crippen LogP contribution in [0.5, 0.6) is 0 Å². The monoisotopic (exact) mass is 237 g/mol. The summed E-state index contributed by atoms with van der Waals surface area (Å²) >= 11 is 0. The molecule has 0 heterocycles. The summed E-state index contributed by atoms with van der Waals surface area (Å²) in [6.07, 6.45) is 2.42. The molecule has 0 spiro atoms. The summed E-state index contributed by atoms with van der Waals surface area (Å²) in [5, 5.41) is 0. The van der Waals surface area contributed by atoms with E-state index < -0.39 is 0 Å². The summed E-state index contributed by atoms with van der Waals surface area (Å²) in [5.41, 5.74) is 9.65. The fourth-order valence-corrected chi connectivity index (χ4v) is 2.33. The molecule has 18 heavy (non-hydrogen) atoms.